The summed E-state index contributed by atoms with van der Waals surface area (Å²) in [4.78, 5) is 0. The van der Waals surface area contributed by atoms with Crippen LogP contribution >= 0.6 is 22.6 Å². The molecule has 0 amide bonds. The number of benzene rings is 2. The van der Waals surface area contributed by atoms with Gasteiger partial charge in [0.15, 0.2) is 0 Å². The predicted molar refractivity (Wildman–Crippen MR) is 84.0 cm³/mol. The third-order valence-electron chi connectivity index (χ3n) is 2.69. The summed E-state index contributed by atoms with van der Waals surface area (Å²) in [7, 11) is 0. The van der Waals surface area contributed by atoms with Crippen LogP contribution in [0.1, 0.15) is 22.3 Å². The first-order chi connectivity index (χ1) is 8.15. The van der Waals surface area contributed by atoms with Crippen molar-refractivity contribution in [3.8, 4) is 0 Å². The number of hydrogen-bond acceptors (Lipinski definition) is 0. The van der Waals surface area contributed by atoms with E-state index in [9.17, 15) is 0 Å². The van der Waals surface area contributed by atoms with Gasteiger partial charge in [-0.15, -0.1) is 0 Å². The molecule has 2 aromatic rings. The van der Waals surface area contributed by atoms with E-state index in [1.165, 1.54) is 25.8 Å². The van der Waals surface area contributed by atoms with Gasteiger partial charge < -0.3 is 0 Å². The van der Waals surface area contributed by atoms with Gasteiger partial charge in [0.25, 0.3) is 0 Å². The SMILES string of the molecule is Cc1ccc(/C=C\c2ccc(C)cc2I)cc1. The summed E-state index contributed by atoms with van der Waals surface area (Å²) in [5.74, 6) is 0. The van der Waals surface area contributed by atoms with E-state index in [2.05, 4.69) is 91.1 Å². The molecular formula is C16H15I. The fourth-order valence-electron chi connectivity index (χ4n) is 1.63. The molecule has 0 nitrogen and oxygen atoms in total. The zero-order valence-corrected chi connectivity index (χ0v) is 12.2. The van der Waals surface area contributed by atoms with E-state index < -0.39 is 0 Å². The molecule has 0 heterocycles. The molecule has 0 saturated carbocycles. The molecular weight excluding hydrogens is 319 g/mol. The highest BCUT2D eigenvalue weighted by molar-refractivity contribution is 14.1. The van der Waals surface area contributed by atoms with Crippen molar-refractivity contribution in [2.75, 3.05) is 0 Å². The van der Waals surface area contributed by atoms with Crippen molar-refractivity contribution in [1.29, 1.82) is 0 Å². The molecule has 0 aromatic heterocycles. The summed E-state index contributed by atoms with van der Waals surface area (Å²) < 4.78 is 1.30. The Morgan fingerprint density at radius 3 is 2.12 bits per heavy atom. The first kappa shape index (κ1) is 12.4. The average Bonchev–Trinajstić information content (AvgIpc) is 2.30. The molecule has 2 rings (SSSR count). The number of hydrogen-bond donors (Lipinski definition) is 0. The second-order valence-corrected chi connectivity index (χ2v) is 5.43. The van der Waals surface area contributed by atoms with Gasteiger partial charge >= 0.3 is 0 Å². The third kappa shape index (κ3) is 3.43. The summed E-state index contributed by atoms with van der Waals surface area (Å²) in [6, 6.07) is 15.1. The lowest BCUT2D eigenvalue weighted by atomic mass is 10.1. The molecule has 0 aliphatic rings. The van der Waals surface area contributed by atoms with Gasteiger partial charge in [-0.3, -0.25) is 0 Å². The van der Waals surface area contributed by atoms with Gasteiger partial charge in [0, 0.05) is 3.57 Å². The summed E-state index contributed by atoms with van der Waals surface area (Å²) >= 11 is 2.38. The maximum absolute atomic E-state index is 2.38. The van der Waals surface area contributed by atoms with Gasteiger partial charge in [0.1, 0.15) is 0 Å². The topological polar surface area (TPSA) is 0 Å². The Bertz CT molecular complexity index is 536. The van der Waals surface area contributed by atoms with Crippen molar-refractivity contribution in [2.45, 2.75) is 13.8 Å². The number of halogens is 1. The van der Waals surface area contributed by atoms with Crippen molar-refractivity contribution in [1.82, 2.24) is 0 Å². The van der Waals surface area contributed by atoms with Crippen LogP contribution in [0.15, 0.2) is 42.5 Å². The third-order valence-corrected chi connectivity index (χ3v) is 3.62. The Hall–Kier alpha value is -1.09. The van der Waals surface area contributed by atoms with E-state index in [1.807, 2.05) is 0 Å². The molecule has 0 fully saturated rings. The average molecular weight is 334 g/mol. The highest BCUT2D eigenvalue weighted by Gasteiger charge is 1.95. The van der Waals surface area contributed by atoms with E-state index in [4.69, 9.17) is 0 Å². The van der Waals surface area contributed by atoms with Gasteiger partial charge in [-0.05, 0) is 53.6 Å². The summed E-state index contributed by atoms with van der Waals surface area (Å²) in [6.45, 7) is 4.23. The minimum Gasteiger partial charge on any atom is -0.0587 e. The summed E-state index contributed by atoms with van der Waals surface area (Å²) in [6.07, 6.45) is 4.33. The van der Waals surface area contributed by atoms with E-state index in [0.29, 0.717) is 0 Å². The van der Waals surface area contributed by atoms with Crippen molar-refractivity contribution in [2.24, 2.45) is 0 Å². The molecule has 2 aromatic carbocycles. The molecule has 1 heteroatoms. The zero-order valence-electron chi connectivity index (χ0n) is 10.1. The second-order valence-electron chi connectivity index (χ2n) is 4.27. The Kier molecular flexibility index (Phi) is 4.00. The van der Waals surface area contributed by atoms with E-state index in [-0.39, 0.29) is 0 Å². The lowest BCUT2D eigenvalue weighted by molar-refractivity contribution is 1.43. The lowest BCUT2D eigenvalue weighted by Crippen LogP contribution is -1.81. The van der Waals surface area contributed by atoms with Crippen LogP contribution in [0, 0.1) is 17.4 Å². The van der Waals surface area contributed by atoms with Crippen LogP contribution in [0.3, 0.4) is 0 Å². The Labute approximate surface area is 117 Å². The first-order valence-electron chi connectivity index (χ1n) is 5.66. The van der Waals surface area contributed by atoms with Crippen LogP contribution < -0.4 is 0 Å². The maximum Gasteiger partial charge on any atom is 0.0205 e. The number of rotatable bonds is 2. The molecule has 17 heavy (non-hydrogen) atoms. The molecule has 0 atom stereocenters. The predicted octanol–water partition coefficient (Wildman–Crippen LogP) is 5.08. The monoisotopic (exact) mass is 334 g/mol. The molecule has 0 N–H and O–H groups in total. The molecule has 0 unspecified atom stereocenters. The van der Waals surface area contributed by atoms with Crippen molar-refractivity contribution < 1.29 is 0 Å². The van der Waals surface area contributed by atoms with Gasteiger partial charge in [0.2, 0.25) is 0 Å². The Balaban J connectivity index is 2.23. The molecule has 0 aliphatic heterocycles. The fourth-order valence-corrected chi connectivity index (χ4v) is 2.48. The van der Waals surface area contributed by atoms with Crippen LogP contribution in [0.4, 0.5) is 0 Å². The highest BCUT2D eigenvalue weighted by Crippen LogP contribution is 2.17. The maximum atomic E-state index is 2.38. The highest BCUT2D eigenvalue weighted by atomic mass is 127. The van der Waals surface area contributed by atoms with Crippen molar-refractivity contribution >= 4 is 34.7 Å². The lowest BCUT2D eigenvalue weighted by Gasteiger charge is -2.00. The van der Waals surface area contributed by atoms with Crippen LogP contribution in [-0.2, 0) is 0 Å². The summed E-state index contributed by atoms with van der Waals surface area (Å²) in [5, 5.41) is 0. The van der Waals surface area contributed by atoms with Crippen LogP contribution in [0.25, 0.3) is 12.2 Å². The fraction of sp³-hybridized carbons (Fsp3) is 0.125. The standard InChI is InChI=1S/C16H15I/c1-12-3-6-14(7-4-12)8-10-15-9-5-13(2)11-16(15)17/h3-11H,1-2H3/b10-8-. The minimum atomic E-state index is 1.24. The molecule has 0 aliphatic carbocycles. The normalized spacial score (nSPS) is 11.0. The molecule has 0 bridgehead atoms. The quantitative estimate of drug-likeness (QED) is 0.531. The van der Waals surface area contributed by atoms with Crippen molar-refractivity contribution in [3.05, 3.63) is 68.3 Å². The van der Waals surface area contributed by atoms with Gasteiger partial charge in [-0.2, -0.15) is 0 Å². The van der Waals surface area contributed by atoms with E-state index >= 15 is 0 Å². The van der Waals surface area contributed by atoms with Gasteiger partial charge in [-0.1, -0.05) is 59.7 Å². The molecule has 0 spiro atoms. The summed E-state index contributed by atoms with van der Waals surface area (Å²) in [5.41, 5.74) is 5.12. The van der Waals surface area contributed by atoms with Crippen molar-refractivity contribution in [3.63, 3.8) is 0 Å². The van der Waals surface area contributed by atoms with E-state index in [1.54, 1.807) is 0 Å². The van der Waals surface area contributed by atoms with Crippen LogP contribution in [0.2, 0.25) is 0 Å². The molecule has 0 saturated heterocycles. The Morgan fingerprint density at radius 1 is 0.824 bits per heavy atom. The minimum absolute atomic E-state index is 1.24. The molecule has 0 radical (unpaired) electrons. The zero-order chi connectivity index (χ0) is 12.3. The number of aryl methyl sites for hydroxylation is 2. The van der Waals surface area contributed by atoms with Crippen LogP contribution in [0.5, 0.6) is 0 Å². The second kappa shape index (κ2) is 5.50. The largest absolute Gasteiger partial charge is 0.0587 e. The van der Waals surface area contributed by atoms with Gasteiger partial charge in [0.05, 0.1) is 0 Å². The van der Waals surface area contributed by atoms with Gasteiger partial charge in [-0.25, -0.2) is 0 Å². The van der Waals surface area contributed by atoms with Crippen LogP contribution in [-0.4, -0.2) is 0 Å². The smallest absolute Gasteiger partial charge is 0.0205 e. The Morgan fingerprint density at radius 2 is 1.47 bits per heavy atom. The van der Waals surface area contributed by atoms with E-state index in [0.717, 1.165) is 0 Å². The molecule has 86 valence electrons. The first-order valence-corrected chi connectivity index (χ1v) is 6.74.